The van der Waals surface area contributed by atoms with E-state index in [9.17, 15) is 0 Å². The third-order valence-corrected chi connectivity index (χ3v) is 4.56. The van der Waals surface area contributed by atoms with Crippen molar-refractivity contribution >= 4 is 22.7 Å². The summed E-state index contributed by atoms with van der Waals surface area (Å²) in [7, 11) is 0. The van der Waals surface area contributed by atoms with Crippen LogP contribution in [0.25, 0.3) is 11.3 Å². The molecule has 4 nitrogen and oxygen atoms in total. The Hall–Kier alpha value is -2.53. The van der Waals surface area contributed by atoms with Gasteiger partial charge in [-0.2, -0.15) is 5.10 Å². The van der Waals surface area contributed by atoms with E-state index in [2.05, 4.69) is 53.6 Å². The number of pyridine rings is 1. The Bertz CT molecular complexity index is 807. The molecule has 1 aromatic carbocycles. The van der Waals surface area contributed by atoms with Crippen LogP contribution in [0.15, 0.2) is 53.8 Å². The molecule has 24 heavy (non-hydrogen) atoms. The summed E-state index contributed by atoms with van der Waals surface area (Å²) in [5.41, 5.74) is 7.31. The molecule has 3 rings (SSSR count). The Morgan fingerprint density at radius 2 is 2.00 bits per heavy atom. The third-order valence-electron chi connectivity index (χ3n) is 3.54. The maximum Gasteiger partial charge on any atom is 0.204 e. The van der Waals surface area contributed by atoms with Crippen LogP contribution in [-0.4, -0.2) is 16.2 Å². The van der Waals surface area contributed by atoms with Gasteiger partial charge >= 0.3 is 0 Å². The van der Waals surface area contributed by atoms with Gasteiger partial charge in [0, 0.05) is 16.6 Å². The molecule has 0 bridgehead atoms. The standard InChI is InChI=1S/C19H20N4S/c1-3-6-17-18(15-10-8-14(2)9-11-15)22-19(24-17)23-21-13-16-7-4-5-12-20-16/h4-5,7-13H,3,6H2,1-2H3,(H,22,23)/b21-13+. The summed E-state index contributed by atoms with van der Waals surface area (Å²) >= 11 is 1.66. The van der Waals surface area contributed by atoms with Crippen molar-refractivity contribution in [2.75, 3.05) is 5.43 Å². The third kappa shape index (κ3) is 4.06. The lowest BCUT2D eigenvalue weighted by Crippen LogP contribution is -1.91. The second kappa shape index (κ2) is 7.84. The zero-order valence-electron chi connectivity index (χ0n) is 13.9. The molecular formula is C19H20N4S. The Morgan fingerprint density at radius 1 is 1.17 bits per heavy atom. The van der Waals surface area contributed by atoms with Gasteiger partial charge in [-0.15, -0.1) is 0 Å². The Balaban J connectivity index is 1.80. The molecule has 2 heterocycles. The van der Waals surface area contributed by atoms with E-state index in [1.54, 1.807) is 23.7 Å². The Kier molecular flexibility index (Phi) is 5.33. The second-order valence-electron chi connectivity index (χ2n) is 5.53. The van der Waals surface area contributed by atoms with Crippen molar-refractivity contribution in [3.63, 3.8) is 0 Å². The predicted molar refractivity (Wildman–Crippen MR) is 102 cm³/mol. The highest BCUT2D eigenvalue weighted by atomic mass is 32.1. The first-order valence-electron chi connectivity index (χ1n) is 8.03. The van der Waals surface area contributed by atoms with Crippen molar-refractivity contribution in [1.29, 1.82) is 0 Å². The van der Waals surface area contributed by atoms with Crippen molar-refractivity contribution < 1.29 is 0 Å². The van der Waals surface area contributed by atoms with E-state index in [0.29, 0.717) is 0 Å². The van der Waals surface area contributed by atoms with Crippen molar-refractivity contribution in [3.8, 4) is 11.3 Å². The molecule has 0 spiro atoms. The summed E-state index contributed by atoms with van der Waals surface area (Å²) in [6, 6.07) is 14.2. The van der Waals surface area contributed by atoms with Crippen molar-refractivity contribution in [2.45, 2.75) is 26.7 Å². The summed E-state index contributed by atoms with van der Waals surface area (Å²) in [5.74, 6) is 0. The number of nitrogens with zero attached hydrogens (tertiary/aromatic N) is 3. The van der Waals surface area contributed by atoms with Crippen LogP contribution >= 0.6 is 11.3 Å². The number of anilines is 1. The second-order valence-corrected chi connectivity index (χ2v) is 6.62. The lowest BCUT2D eigenvalue weighted by atomic mass is 10.1. The highest BCUT2D eigenvalue weighted by Gasteiger charge is 2.12. The molecule has 0 amide bonds. The van der Waals surface area contributed by atoms with E-state index in [1.165, 1.54) is 10.4 Å². The van der Waals surface area contributed by atoms with Gasteiger partial charge in [0.15, 0.2) is 0 Å². The van der Waals surface area contributed by atoms with Crippen molar-refractivity contribution in [2.24, 2.45) is 5.10 Å². The molecule has 122 valence electrons. The first-order valence-corrected chi connectivity index (χ1v) is 8.84. The molecule has 3 aromatic rings. The van der Waals surface area contributed by atoms with Gasteiger partial charge in [0.25, 0.3) is 0 Å². The van der Waals surface area contributed by atoms with Crippen LogP contribution in [0.2, 0.25) is 0 Å². The summed E-state index contributed by atoms with van der Waals surface area (Å²) in [6.07, 6.45) is 5.57. The van der Waals surface area contributed by atoms with Gasteiger partial charge in [-0.05, 0) is 25.5 Å². The fraction of sp³-hybridized carbons (Fsp3) is 0.211. The lowest BCUT2D eigenvalue weighted by Gasteiger charge is -2.01. The smallest absolute Gasteiger partial charge is 0.204 e. The van der Waals surface area contributed by atoms with Crippen molar-refractivity contribution in [1.82, 2.24) is 9.97 Å². The zero-order valence-corrected chi connectivity index (χ0v) is 14.7. The zero-order chi connectivity index (χ0) is 16.8. The summed E-state index contributed by atoms with van der Waals surface area (Å²) in [5, 5.41) is 5.05. The molecule has 0 saturated carbocycles. The van der Waals surface area contributed by atoms with Gasteiger partial charge in [0.2, 0.25) is 5.13 Å². The lowest BCUT2D eigenvalue weighted by molar-refractivity contribution is 0.938. The van der Waals surface area contributed by atoms with Crippen LogP contribution in [0.5, 0.6) is 0 Å². The average molecular weight is 336 g/mol. The van der Waals surface area contributed by atoms with E-state index in [-0.39, 0.29) is 0 Å². The number of thiazole rings is 1. The van der Waals surface area contributed by atoms with E-state index >= 15 is 0 Å². The van der Waals surface area contributed by atoms with Gasteiger partial charge < -0.3 is 0 Å². The number of rotatable bonds is 6. The normalized spacial score (nSPS) is 11.1. The minimum atomic E-state index is 0.807. The summed E-state index contributed by atoms with van der Waals surface area (Å²) in [6.45, 7) is 4.28. The first-order chi connectivity index (χ1) is 11.8. The largest absolute Gasteiger partial charge is 0.255 e. The van der Waals surface area contributed by atoms with Crippen LogP contribution in [0.3, 0.4) is 0 Å². The molecule has 1 N–H and O–H groups in total. The van der Waals surface area contributed by atoms with Crippen LogP contribution in [0.4, 0.5) is 5.13 Å². The maximum atomic E-state index is 4.73. The van der Waals surface area contributed by atoms with Crippen LogP contribution < -0.4 is 5.43 Å². The topological polar surface area (TPSA) is 50.2 Å². The Labute approximate surface area is 146 Å². The summed E-state index contributed by atoms with van der Waals surface area (Å²) in [4.78, 5) is 10.2. The van der Waals surface area contributed by atoms with Gasteiger partial charge in [-0.1, -0.05) is 60.6 Å². The maximum absolute atomic E-state index is 4.73. The summed E-state index contributed by atoms with van der Waals surface area (Å²) < 4.78 is 0. The molecule has 0 aliphatic rings. The Morgan fingerprint density at radius 3 is 2.71 bits per heavy atom. The number of hydrogen-bond donors (Lipinski definition) is 1. The molecule has 5 heteroatoms. The number of hydrazone groups is 1. The number of benzene rings is 1. The van der Waals surface area contributed by atoms with Gasteiger partial charge in [-0.3, -0.25) is 10.4 Å². The van der Waals surface area contributed by atoms with Gasteiger partial charge in [0.05, 0.1) is 17.6 Å². The monoisotopic (exact) mass is 336 g/mol. The molecular weight excluding hydrogens is 316 g/mol. The van der Waals surface area contributed by atoms with Crippen LogP contribution in [0, 0.1) is 6.92 Å². The number of aromatic nitrogens is 2. The number of hydrogen-bond acceptors (Lipinski definition) is 5. The fourth-order valence-corrected chi connectivity index (χ4v) is 3.37. The van der Waals surface area contributed by atoms with Gasteiger partial charge in [-0.25, -0.2) is 4.98 Å². The molecule has 0 aliphatic heterocycles. The van der Waals surface area contributed by atoms with Crippen LogP contribution in [-0.2, 0) is 6.42 Å². The average Bonchev–Trinajstić information content (AvgIpc) is 3.00. The number of aryl methyl sites for hydroxylation is 2. The highest BCUT2D eigenvalue weighted by molar-refractivity contribution is 7.16. The SMILES string of the molecule is CCCc1sc(N/N=C/c2ccccn2)nc1-c1ccc(C)cc1. The number of nitrogens with one attached hydrogen (secondary N) is 1. The van der Waals surface area contributed by atoms with Crippen molar-refractivity contribution in [3.05, 3.63) is 64.8 Å². The molecule has 2 aromatic heterocycles. The minimum Gasteiger partial charge on any atom is -0.255 e. The molecule has 0 saturated heterocycles. The molecule has 0 radical (unpaired) electrons. The first kappa shape index (κ1) is 16.3. The minimum absolute atomic E-state index is 0.807. The molecule has 0 aliphatic carbocycles. The van der Waals surface area contributed by atoms with Gasteiger partial charge in [0.1, 0.15) is 0 Å². The highest BCUT2D eigenvalue weighted by Crippen LogP contribution is 2.32. The van der Waals surface area contributed by atoms with E-state index in [1.807, 2.05) is 18.2 Å². The van der Waals surface area contributed by atoms with E-state index < -0.39 is 0 Å². The van der Waals surface area contributed by atoms with Crippen LogP contribution in [0.1, 0.15) is 29.5 Å². The molecule has 0 atom stereocenters. The van der Waals surface area contributed by atoms with E-state index in [0.717, 1.165) is 34.9 Å². The quantitative estimate of drug-likeness (QED) is 0.514. The predicted octanol–water partition coefficient (Wildman–Crippen LogP) is 4.91. The molecule has 0 fully saturated rings. The molecule has 0 unspecified atom stereocenters. The fourth-order valence-electron chi connectivity index (χ4n) is 2.34. The van der Waals surface area contributed by atoms with E-state index in [4.69, 9.17) is 4.98 Å².